The van der Waals surface area contributed by atoms with E-state index >= 15 is 0 Å². The molecule has 2 aromatic rings. The van der Waals surface area contributed by atoms with Gasteiger partial charge in [-0.25, -0.2) is 4.79 Å². The lowest BCUT2D eigenvalue weighted by Crippen LogP contribution is -2.34. The Labute approximate surface area is 99.8 Å². The van der Waals surface area contributed by atoms with Gasteiger partial charge in [0.1, 0.15) is 0 Å². The summed E-state index contributed by atoms with van der Waals surface area (Å²) >= 11 is 0. The topological polar surface area (TPSA) is 45.5 Å². The highest BCUT2D eigenvalue weighted by Gasteiger charge is 2.14. The number of rotatable bonds is 3. The minimum atomic E-state index is -0.200. The molecule has 0 aliphatic carbocycles. The number of benzene rings is 1. The first kappa shape index (κ1) is 11.3. The van der Waals surface area contributed by atoms with E-state index in [1.807, 2.05) is 37.3 Å². The molecule has 1 aromatic heterocycles. The van der Waals surface area contributed by atoms with Crippen molar-refractivity contribution < 1.29 is 9.21 Å². The Morgan fingerprint density at radius 2 is 2.00 bits per heavy atom. The van der Waals surface area contributed by atoms with Gasteiger partial charge < -0.3 is 4.42 Å². The van der Waals surface area contributed by atoms with Gasteiger partial charge in [-0.3, -0.25) is 10.2 Å². The van der Waals surface area contributed by atoms with Crippen molar-refractivity contribution in [1.82, 2.24) is 0 Å². The van der Waals surface area contributed by atoms with Gasteiger partial charge in [-0.2, -0.15) is 0 Å². The van der Waals surface area contributed by atoms with Crippen LogP contribution in [0.2, 0.25) is 0 Å². The Kier molecular flexibility index (Phi) is 3.45. The summed E-state index contributed by atoms with van der Waals surface area (Å²) in [6, 6.07) is 12.7. The quantitative estimate of drug-likeness (QED) is 0.878. The van der Waals surface area contributed by atoms with Gasteiger partial charge in [0.15, 0.2) is 0 Å². The van der Waals surface area contributed by atoms with Gasteiger partial charge in [0.2, 0.25) is 5.88 Å². The fourth-order valence-electron chi connectivity index (χ4n) is 1.57. The maximum atomic E-state index is 12.0. The summed E-state index contributed by atoms with van der Waals surface area (Å²) in [5, 5.41) is 2.69. The molecule has 0 unspecified atom stereocenters. The van der Waals surface area contributed by atoms with E-state index in [1.165, 1.54) is 6.26 Å². The molecular weight excluding hydrogens is 216 g/mol. The first-order valence-electron chi connectivity index (χ1n) is 5.48. The summed E-state index contributed by atoms with van der Waals surface area (Å²) in [6.07, 6.45) is 1.52. The molecule has 0 fully saturated rings. The van der Waals surface area contributed by atoms with E-state index in [4.69, 9.17) is 4.42 Å². The first-order valence-corrected chi connectivity index (χ1v) is 5.48. The molecule has 0 atom stereocenters. The smallest absolute Gasteiger partial charge is 0.328 e. The maximum absolute atomic E-state index is 12.0. The number of carbonyl (C=O) groups excluding carboxylic acids is 1. The van der Waals surface area contributed by atoms with Crippen molar-refractivity contribution in [2.24, 2.45) is 0 Å². The summed E-state index contributed by atoms with van der Waals surface area (Å²) in [4.78, 5) is 13.6. The molecule has 0 spiro atoms. The first-order chi connectivity index (χ1) is 8.31. The zero-order valence-electron chi connectivity index (χ0n) is 9.59. The summed E-state index contributed by atoms with van der Waals surface area (Å²) in [6.45, 7) is 2.52. The average Bonchev–Trinajstić information content (AvgIpc) is 2.84. The second kappa shape index (κ2) is 5.21. The summed E-state index contributed by atoms with van der Waals surface area (Å²) in [5.41, 5.74) is 0.860. The lowest BCUT2D eigenvalue weighted by Gasteiger charge is -2.20. The van der Waals surface area contributed by atoms with Gasteiger partial charge in [0, 0.05) is 18.3 Å². The molecule has 0 bridgehead atoms. The van der Waals surface area contributed by atoms with Crippen LogP contribution in [0.15, 0.2) is 53.1 Å². The molecule has 4 heteroatoms. The molecule has 0 saturated heterocycles. The molecule has 0 aliphatic heterocycles. The number of amides is 2. The Balaban J connectivity index is 2.11. The monoisotopic (exact) mass is 230 g/mol. The van der Waals surface area contributed by atoms with Crippen LogP contribution in [-0.4, -0.2) is 12.6 Å². The van der Waals surface area contributed by atoms with E-state index in [0.29, 0.717) is 12.4 Å². The normalized spacial score (nSPS) is 9.94. The van der Waals surface area contributed by atoms with Crippen molar-refractivity contribution in [3.63, 3.8) is 0 Å². The minimum Gasteiger partial charge on any atom is -0.449 e. The van der Waals surface area contributed by atoms with E-state index in [9.17, 15) is 4.79 Å². The Morgan fingerprint density at radius 3 is 2.59 bits per heavy atom. The number of nitrogens with zero attached hydrogens (tertiary/aromatic N) is 1. The fraction of sp³-hybridized carbons (Fsp3) is 0.154. The number of para-hydroxylation sites is 1. The van der Waals surface area contributed by atoms with Gasteiger partial charge in [-0.05, 0) is 25.1 Å². The van der Waals surface area contributed by atoms with Gasteiger partial charge >= 0.3 is 6.03 Å². The largest absolute Gasteiger partial charge is 0.449 e. The van der Waals surface area contributed by atoms with E-state index < -0.39 is 0 Å². The molecule has 1 aromatic carbocycles. The van der Waals surface area contributed by atoms with E-state index in [-0.39, 0.29) is 6.03 Å². The number of carbonyl (C=O) groups is 1. The lowest BCUT2D eigenvalue weighted by molar-refractivity contribution is 0.256. The van der Waals surface area contributed by atoms with Crippen LogP contribution in [0.3, 0.4) is 0 Å². The number of urea groups is 1. The fourth-order valence-corrected chi connectivity index (χ4v) is 1.57. The molecule has 0 radical (unpaired) electrons. The van der Waals surface area contributed by atoms with Crippen molar-refractivity contribution in [2.45, 2.75) is 6.92 Å². The van der Waals surface area contributed by atoms with E-state index in [2.05, 4.69) is 5.32 Å². The van der Waals surface area contributed by atoms with Crippen LogP contribution in [0, 0.1) is 0 Å². The van der Waals surface area contributed by atoms with Crippen LogP contribution in [0.4, 0.5) is 16.4 Å². The van der Waals surface area contributed by atoms with Crippen LogP contribution in [0.5, 0.6) is 0 Å². The highest BCUT2D eigenvalue weighted by Crippen LogP contribution is 2.15. The van der Waals surface area contributed by atoms with Crippen LogP contribution < -0.4 is 10.2 Å². The number of hydrogen-bond acceptors (Lipinski definition) is 2. The standard InChI is InChI=1S/C13H14N2O2/c1-2-15(11-7-4-3-5-8-11)13(16)14-12-9-6-10-17-12/h3-10H,2H2,1H3,(H,14,16). The third-order valence-electron chi connectivity index (χ3n) is 2.38. The Hall–Kier alpha value is -2.23. The van der Waals surface area contributed by atoms with Crippen LogP contribution in [-0.2, 0) is 0 Å². The third kappa shape index (κ3) is 2.66. The van der Waals surface area contributed by atoms with Gasteiger partial charge in [0.25, 0.3) is 0 Å². The van der Waals surface area contributed by atoms with Gasteiger partial charge in [-0.15, -0.1) is 0 Å². The van der Waals surface area contributed by atoms with Gasteiger partial charge in [0.05, 0.1) is 6.26 Å². The van der Waals surface area contributed by atoms with Crippen LogP contribution in [0.25, 0.3) is 0 Å². The predicted molar refractivity (Wildman–Crippen MR) is 67.2 cm³/mol. The molecule has 4 nitrogen and oxygen atoms in total. The minimum absolute atomic E-state index is 0.200. The molecule has 1 N–H and O–H groups in total. The second-order valence-electron chi connectivity index (χ2n) is 3.49. The summed E-state index contributed by atoms with van der Waals surface area (Å²) in [5.74, 6) is 0.449. The average molecular weight is 230 g/mol. The zero-order valence-corrected chi connectivity index (χ0v) is 9.59. The molecule has 2 rings (SSSR count). The molecular formula is C13H14N2O2. The third-order valence-corrected chi connectivity index (χ3v) is 2.38. The molecule has 88 valence electrons. The SMILES string of the molecule is CCN(C(=O)Nc1ccco1)c1ccccc1. The zero-order chi connectivity index (χ0) is 12.1. The van der Waals surface area contributed by atoms with Crippen molar-refractivity contribution >= 4 is 17.6 Å². The van der Waals surface area contributed by atoms with Crippen molar-refractivity contribution in [1.29, 1.82) is 0 Å². The molecule has 2 amide bonds. The van der Waals surface area contributed by atoms with Crippen LogP contribution in [0.1, 0.15) is 6.92 Å². The number of hydrogen-bond donors (Lipinski definition) is 1. The second-order valence-corrected chi connectivity index (χ2v) is 3.49. The molecule has 0 aliphatic rings. The molecule has 17 heavy (non-hydrogen) atoms. The van der Waals surface area contributed by atoms with Crippen molar-refractivity contribution in [3.05, 3.63) is 48.7 Å². The van der Waals surface area contributed by atoms with E-state index in [1.54, 1.807) is 17.0 Å². The van der Waals surface area contributed by atoms with Crippen molar-refractivity contribution in [3.8, 4) is 0 Å². The van der Waals surface area contributed by atoms with Crippen LogP contribution >= 0.6 is 0 Å². The van der Waals surface area contributed by atoms with Crippen molar-refractivity contribution in [2.75, 3.05) is 16.8 Å². The maximum Gasteiger partial charge on any atom is 0.328 e. The molecule has 1 heterocycles. The number of anilines is 2. The summed E-state index contributed by atoms with van der Waals surface area (Å²) < 4.78 is 5.08. The van der Waals surface area contributed by atoms with Gasteiger partial charge in [-0.1, -0.05) is 18.2 Å². The summed E-state index contributed by atoms with van der Waals surface area (Å²) in [7, 11) is 0. The molecule has 0 saturated carbocycles. The van der Waals surface area contributed by atoms with E-state index in [0.717, 1.165) is 5.69 Å². The Morgan fingerprint density at radius 1 is 1.24 bits per heavy atom. The highest BCUT2D eigenvalue weighted by molar-refractivity contribution is 6.00. The highest BCUT2D eigenvalue weighted by atomic mass is 16.3. The lowest BCUT2D eigenvalue weighted by atomic mass is 10.3. The predicted octanol–water partition coefficient (Wildman–Crippen LogP) is 3.34. The number of furan rings is 1. The Bertz CT molecular complexity index is 465. The number of nitrogens with one attached hydrogen (secondary N) is 1.